The lowest BCUT2D eigenvalue weighted by atomic mass is 9.46. The lowest BCUT2D eigenvalue weighted by molar-refractivity contribution is -0.183. The second-order valence-electron chi connectivity index (χ2n) is 9.21. The van der Waals surface area contributed by atoms with Crippen molar-refractivity contribution in [3.63, 3.8) is 0 Å². The molecule has 4 aliphatic rings. The van der Waals surface area contributed by atoms with Crippen LogP contribution < -0.4 is 0 Å². The van der Waals surface area contributed by atoms with Gasteiger partial charge in [0.2, 0.25) is 0 Å². The van der Waals surface area contributed by atoms with Gasteiger partial charge in [-0.2, -0.15) is 0 Å². The third-order valence-electron chi connectivity index (χ3n) is 8.57. The van der Waals surface area contributed by atoms with E-state index in [2.05, 4.69) is 6.92 Å². The summed E-state index contributed by atoms with van der Waals surface area (Å²) in [7, 11) is 0. The van der Waals surface area contributed by atoms with Crippen LogP contribution in [-0.4, -0.2) is 38.8 Å². The van der Waals surface area contributed by atoms with Crippen molar-refractivity contribution in [2.24, 2.45) is 28.6 Å². The molecular weight excluding hydrogens is 320 g/mol. The van der Waals surface area contributed by atoms with Gasteiger partial charge in [0.15, 0.2) is 11.4 Å². The summed E-state index contributed by atoms with van der Waals surface area (Å²) in [6.07, 6.45) is 5.48. The first kappa shape index (κ1) is 17.2. The van der Waals surface area contributed by atoms with Crippen molar-refractivity contribution in [3.05, 3.63) is 11.6 Å². The molecule has 0 radical (unpaired) electrons. The summed E-state index contributed by atoms with van der Waals surface area (Å²) in [5.41, 5.74) is -1.55. The highest BCUT2D eigenvalue weighted by Gasteiger charge is 2.67. The van der Waals surface area contributed by atoms with Gasteiger partial charge in [0.1, 0.15) is 0 Å². The number of aliphatic hydroxyl groups is 2. The maximum absolute atomic E-state index is 11.9. The first-order valence-corrected chi connectivity index (χ1v) is 9.52. The zero-order valence-electron chi connectivity index (χ0n) is 15.0. The number of hydrogen-bond acceptors (Lipinski definition) is 4. The highest BCUT2D eigenvalue weighted by atomic mass is 16.4. The van der Waals surface area contributed by atoms with Crippen molar-refractivity contribution in [3.8, 4) is 0 Å². The Labute approximate surface area is 148 Å². The van der Waals surface area contributed by atoms with Gasteiger partial charge in [-0.05, 0) is 62.4 Å². The smallest absolute Gasteiger partial charge is 0.336 e. The summed E-state index contributed by atoms with van der Waals surface area (Å²) in [5.74, 6) is -0.362. The molecule has 4 aliphatic carbocycles. The molecule has 0 bridgehead atoms. The average molecular weight is 348 g/mol. The Balaban J connectivity index is 1.72. The number of carbonyl (C=O) groups excluding carboxylic acids is 1. The lowest BCUT2D eigenvalue weighted by Gasteiger charge is -2.59. The minimum atomic E-state index is -1.64. The van der Waals surface area contributed by atoms with Crippen LogP contribution in [0.4, 0.5) is 0 Å². The van der Waals surface area contributed by atoms with Gasteiger partial charge in [0, 0.05) is 17.3 Å². The van der Waals surface area contributed by atoms with Crippen molar-refractivity contribution in [2.45, 2.75) is 70.5 Å². The van der Waals surface area contributed by atoms with E-state index in [0.717, 1.165) is 31.3 Å². The number of carboxylic acids is 1. The number of hydrogen-bond donors (Lipinski definition) is 3. The fourth-order valence-electron chi connectivity index (χ4n) is 6.98. The maximum Gasteiger partial charge on any atom is 0.336 e. The molecule has 3 fully saturated rings. The van der Waals surface area contributed by atoms with Gasteiger partial charge in [-0.15, -0.1) is 0 Å². The summed E-state index contributed by atoms with van der Waals surface area (Å²) in [4.78, 5) is 23.7. The van der Waals surface area contributed by atoms with E-state index in [0.29, 0.717) is 18.8 Å². The summed E-state index contributed by atoms with van der Waals surface area (Å²) < 4.78 is 0. The van der Waals surface area contributed by atoms with Crippen LogP contribution in [0, 0.1) is 28.6 Å². The van der Waals surface area contributed by atoms with Gasteiger partial charge in [-0.25, -0.2) is 4.79 Å². The summed E-state index contributed by atoms with van der Waals surface area (Å²) >= 11 is 0. The highest BCUT2D eigenvalue weighted by molar-refractivity contribution is 5.92. The maximum atomic E-state index is 11.9. The molecule has 0 aliphatic heterocycles. The molecule has 138 valence electrons. The molecule has 0 aromatic heterocycles. The standard InChI is InChI=1S/C20H28O5/c1-18-7-5-15-13(14(18)6-8-20(18,25)17(23)24)4-3-11-9-12(21)10-16(22)19(11,15)2/h9,13-16,22,25H,3-8,10H2,1-2H3,(H,23,24)/t13-,14-,15-,16+,18-,19-,20-/m0/s1. The molecule has 7 atom stereocenters. The van der Waals surface area contributed by atoms with E-state index in [9.17, 15) is 24.9 Å². The summed E-state index contributed by atoms with van der Waals surface area (Å²) in [5, 5.41) is 31.3. The topological polar surface area (TPSA) is 94.8 Å². The van der Waals surface area contributed by atoms with Crippen molar-refractivity contribution in [1.29, 1.82) is 0 Å². The molecule has 0 spiro atoms. The number of carbonyl (C=O) groups is 2. The molecule has 0 amide bonds. The van der Waals surface area contributed by atoms with E-state index in [1.165, 1.54) is 0 Å². The third-order valence-corrected chi connectivity index (χ3v) is 8.57. The Bertz CT molecular complexity index is 669. The van der Waals surface area contributed by atoms with Crippen molar-refractivity contribution in [2.75, 3.05) is 0 Å². The molecule has 5 heteroatoms. The van der Waals surface area contributed by atoms with Crippen LogP contribution in [0.25, 0.3) is 0 Å². The Morgan fingerprint density at radius 3 is 2.52 bits per heavy atom. The summed E-state index contributed by atoms with van der Waals surface area (Å²) in [6, 6.07) is 0. The molecule has 0 heterocycles. The van der Waals surface area contributed by atoms with Gasteiger partial charge in [-0.3, -0.25) is 4.79 Å². The Kier molecular flexibility index (Phi) is 3.56. The van der Waals surface area contributed by atoms with E-state index in [4.69, 9.17) is 0 Å². The molecule has 3 N–H and O–H groups in total. The molecule has 0 aromatic rings. The van der Waals surface area contributed by atoms with Crippen LogP contribution >= 0.6 is 0 Å². The number of aliphatic carboxylic acids is 1. The predicted molar refractivity (Wildman–Crippen MR) is 90.7 cm³/mol. The van der Waals surface area contributed by atoms with Crippen molar-refractivity contribution >= 4 is 11.8 Å². The van der Waals surface area contributed by atoms with Gasteiger partial charge in [-0.1, -0.05) is 19.4 Å². The number of fused-ring (bicyclic) bond motifs is 5. The second-order valence-corrected chi connectivity index (χ2v) is 9.21. The molecule has 0 aromatic carbocycles. The monoisotopic (exact) mass is 348 g/mol. The number of aliphatic hydroxyl groups excluding tert-OH is 1. The van der Waals surface area contributed by atoms with Gasteiger partial charge >= 0.3 is 5.97 Å². The van der Waals surface area contributed by atoms with Crippen molar-refractivity contribution in [1.82, 2.24) is 0 Å². The highest BCUT2D eigenvalue weighted by Crippen LogP contribution is 2.67. The van der Waals surface area contributed by atoms with E-state index in [1.54, 1.807) is 6.08 Å². The van der Waals surface area contributed by atoms with Crippen LogP contribution in [0.1, 0.15) is 58.8 Å². The van der Waals surface area contributed by atoms with Gasteiger partial charge in [0.25, 0.3) is 0 Å². The zero-order chi connectivity index (χ0) is 18.2. The minimum Gasteiger partial charge on any atom is -0.479 e. The van der Waals surface area contributed by atoms with Crippen LogP contribution in [0.3, 0.4) is 0 Å². The number of ketones is 1. The largest absolute Gasteiger partial charge is 0.479 e. The molecule has 5 nitrogen and oxygen atoms in total. The van der Waals surface area contributed by atoms with Crippen LogP contribution in [0.15, 0.2) is 11.6 Å². The van der Waals surface area contributed by atoms with E-state index >= 15 is 0 Å². The van der Waals surface area contributed by atoms with E-state index < -0.39 is 23.1 Å². The Morgan fingerprint density at radius 2 is 1.84 bits per heavy atom. The molecule has 3 saturated carbocycles. The minimum absolute atomic E-state index is 0.0141. The van der Waals surface area contributed by atoms with Crippen molar-refractivity contribution < 1.29 is 24.9 Å². The van der Waals surface area contributed by atoms with Crippen LogP contribution in [-0.2, 0) is 9.59 Å². The quantitative estimate of drug-likeness (QED) is 0.676. The third kappa shape index (κ3) is 1.97. The predicted octanol–water partition coefficient (Wildman–Crippen LogP) is 2.30. The van der Waals surface area contributed by atoms with E-state index in [-0.39, 0.29) is 29.5 Å². The Hall–Kier alpha value is -1.20. The van der Waals surface area contributed by atoms with Gasteiger partial charge in [0.05, 0.1) is 6.10 Å². The lowest BCUT2D eigenvalue weighted by Crippen LogP contribution is -2.59. The Morgan fingerprint density at radius 1 is 1.16 bits per heavy atom. The van der Waals surface area contributed by atoms with Crippen LogP contribution in [0.2, 0.25) is 0 Å². The fraction of sp³-hybridized carbons (Fsp3) is 0.800. The van der Waals surface area contributed by atoms with Crippen LogP contribution in [0.5, 0.6) is 0 Å². The first-order valence-electron chi connectivity index (χ1n) is 9.52. The fourth-order valence-corrected chi connectivity index (χ4v) is 6.98. The summed E-state index contributed by atoms with van der Waals surface area (Å²) in [6.45, 7) is 4.04. The number of rotatable bonds is 1. The average Bonchev–Trinajstić information content (AvgIpc) is 2.82. The molecule has 0 saturated heterocycles. The SMILES string of the molecule is C[C@@]12C(=CC(=O)C[C@H]1O)CC[C@@H]1[C@@H]2CC[C@@]2(C)[C@H]1CC[C@]2(O)C(=O)O. The van der Waals surface area contributed by atoms with E-state index in [1.807, 2.05) is 6.92 Å². The zero-order valence-corrected chi connectivity index (χ0v) is 15.0. The van der Waals surface area contributed by atoms with Gasteiger partial charge < -0.3 is 15.3 Å². The molecule has 4 rings (SSSR count). The molecular formula is C20H28O5. The second kappa shape index (κ2) is 5.17. The molecule has 0 unspecified atom stereocenters. The number of carboxylic acid groups (broad SMARTS) is 1. The first-order chi connectivity index (χ1) is 11.6. The molecule has 25 heavy (non-hydrogen) atoms. The normalized spacial score (nSPS) is 52.0.